The molecule has 5 nitrogen and oxygen atoms in total. The molecule has 1 aliphatic heterocycles. The molecule has 0 unspecified atom stereocenters. The van der Waals surface area contributed by atoms with Crippen molar-refractivity contribution in [1.82, 2.24) is 15.1 Å². The van der Waals surface area contributed by atoms with E-state index in [2.05, 4.69) is 27.5 Å². The van der Waals surface area contributed by atoms with Crippen molar-refractivity contribution in [2.75, 3.05) is 25.5 Å². The lowest BCUT2D eigenvalue weighted by atomic mass is 9.98. The minimum atomic E-state index is -4.53. The Labute approximate surface area is 172 Å². The summed E-state index contributed by atoms with van der Waals surface area (Å²) in [7, 11) is 2.08. The normalized spacial score (nSPS) is 18.0. The first kappa shape index (κ1) is 20.4. The van der Waals surface area contributed by atoms with E-state index in [9.17, 15) is 18.3 Å². The van der Waals surface area contributed by atoms with Gasteiger partial charge >= 0.3 is 6.18 Å². The monoisotopic (exact) mass is 416 g/mol. The van der Waals surface area contributed by atoms with Crippen LogP contribution >= 0.6 is 0 Å². The van der Waals surface area contributed by atoms with Gasteiger partial charge in [0, 0.05) is 28.9 Å². The third-order valence-electron chi connectivity index (χ3n) is 5.56. The maximum atomic E-state index is 13.0. The number of nitrogens with zero attached hydrogens (tertiary/aromatic N) is 3. The molecule has 1 saturated heterocycles. The van der Waals surface area contributed by atoms with E-state index in [1.807, 2.05) is 25.1 Å². The van der Waals surface area contributed by atoms with Gasteiger partial charge < -0.3 is 15.3 Å². The molecule has 8 heteroatoms. The number of phenolic OH excluding ortho intramolecular Hbond substituents is 1. The van der Waals surface area contributed by atoms with Crippen LogP contribution in [0.15, 0.2) is 36.4 Å². The summed E-state index contributed by atoms with van der Waals surface area (Å²) in [5.41, 5.74) is 0.581. The standard InChI is InChI=1S/C22H23F3N4O/c1-13-5-3-7-17-19(13)20(16-9-8-14(11-18(16)30)22(23,24)25)27-28-21(17)26-15-6-4-10-29(2)12-15/h3,5,7-9,11,15,30H,4,6,10,12H2,1-2H3,(H,26,28)/t15-/m1/s1. The smallest absolute Gasteiger partial charge is 0.416 e. The lowest BCUT2D eigenvalue weighted by molar-refractivity contribution is -0.137. The molecular weight excluding hydrogens is 393 g/mol. The Bertz CT molecular complexity index is 1080. The Hall–Kier alpha value is -2.87. The highest BCUT2D eigenvalue weighted by Crippen LogP contribution is 2.39. The number of likely N-dealkylation sites (tertiary alicyclic amines) is 1. The van der Waals surface area contributed by atoms with Gasteiger partial charge in [0.25, 0.3) is 0 Å². The van der Waals surface area contributed by atoms with E-state index in [1.54, 1.807) is 0 Å². The van der Waals surface area contributed by atoms with Crippen molar-refractivity contribution in [3.8, 4) is 17.0 Å². The molecule has 2 aromatic carbocycles. The second kappa shape index (κ2) is 7.75. The van der Waals surface area contributed by atoms with Crippen LogP contribution in [0.25, 0.3) is 22.0 Å². The van der Waals surface area contributed by atoms with Gasteiger partial charge in [0.15, 0.2) is 5.82 Å². The predicted octanol–water partition coefficient (Wildman–Crippen LogP) is 4.84. The molecule has 4 rings (SSSR count). The number of piperidine rings is 1. The van der Waals surface area contributed by atoms with Crippen molar-refractivity contribution >= 4 is 16.6 Å². The first-order valence-electron chi connectivity index (χ1n) is 9.85. The molecule has 158 valence electrons. The highest BCUT2D eigenvalue weighted by Gasteiger charge is 2.31. The molecule has 3 aromatic rings. The van der Waals surface area contributed by atoms with Crippen LogP contribution in [0.5, 0.6) is 5.75 Å². The van der Waals surface area contributed by atoms with Crippen molar-refractivity contribution in [2.45, 2.75) is 32.0 Å². The molecule has 1 atom stereocenters. The summed E-state index contributed by atoms with van der Waals surface area (Å²) >= 11 is 0. The Morgan fingerprint density at radius 1 is 1.17 bits per heavy atom. The fraction of sp³-hybridized carbons (Fsp3) is 0.364. The molecule has 0 radical (unpaired) electrons. The van der Waals surface area contributed by atoms with Crippen LogP contribution in [0.2, 0.25) is 0 Å². The second-order valence-corrected chi connectivity index (χ2v) is 7.87. The minimum Gasteiger partial charge on any atom is -0.507 e. The van der Waals surface area contributed by atoms with Gasteiger partial charge in [-0.15, -0.1) is 10.2 Å². The highest BCUT2D eigenvalue weighted by molar-refractivity contribution is 6.02. The fourth-order valence-corrected chi connectivity index (χ4v) is 4.06. The summed E-state index contributed by atoms with van der Waals surface area (Å²) in [5, 5.41) is 24.0. The van der Waals surface area contributed by atoms with Crippen LogP contribution in [0.3, 0.4) is 0 Å². The maximum absolute atomic E-state index is 13.0. The number of likely N-dealkylation sites (N-methyl/N-ethyl adjacent to an activating group) is 1. The summed E-state index contributed by atoms with van der Waals surface area (Å²) in [6.45, 7) is 3.87. The second-order valence-electron chi connectivity index (χ2n) is 7.87. The Balaban J connectivity index is 1.79. The Kier molecular flexibility index (Phi) is 5.27. The Morgan fingerprint density at radius 2 is 1.97 bits per heavy atom. The van der Waals surface area contributed by atoms with Crippen LogP contribution in [0.1, 0.15) is 24.0 Å². The third kappa shape index (κ3) is 3.92. The number of alkyl halides is 3. The molecule has 2 heterocycles. The van der Waals surface area contributed by atoms with E-state index in [0.29, 0.717) is 11.5 Å². The number of aromatic nitrogens is 2. The van der Waals surface area contributed by atoms with Crippen molar-refractivity contribution in [3.63, 3.8) is 0 Å². The number of nitrogens with one attached hydrogen (secondary N) is 1. The molecule has 0 aliphatic carbocycles. The zero-order chi connectivity index (χ0) is 21.5. The summed E-state index contributed by atoms with van der Waals surface area (Å²) in [6.07, 6.45) is -2.41. The molecule has 0 spiro atoms. The zero-order valence-corrected chi connectivity index (χ0v) is 16.8. The third-order valence-corrected chi connectivity index (χ3v) is 5.56. The van der Waals surface area contributed by atoms with Gasteiger partial charge in [0.2, 0.25) is 0 Å². The van der Waals surface area contributed by atoms with Gasteiger partial charge in [-0.1, -0.05) is 18.2 Å². The van der Waals surface area contributed by atoms with Crippen molar-refractivity contribution in [1.29, 1.82) is 0 Å². The maximum Gasteiger partial charge on any atom is 0.416 e. The summed E-state index contributed by atoms with van der Waals surface area (Å²) < 4.78 is 38.9. The van der Waals surface area contributed by atoms with E-state index >= 15 is 0 Å². The van der Waals surface area contributed by atoms with Crippen molar-refractivity contribution in [2.24, 2.45) is 0 Å². The number of aryl methyl sites for hydroxylation is 1. The van der Waals surface area contributed by atoms with E-state index in [1.165, 1.54) is 6.07 Å². The molecule has 0 bridgehead atoms. The largest absolute Gasteiger partial charge is 0.507 e. The number of fused-ring (bicyclic) bond motifs is 1. The van der Waals surface area contributed by atoms with E-state index in [0.717, 1.165) is 54.4 Å². The van der Waals surface area contributed by atoms with Crippen molar-refractivity contribution in [3.05, 3.63) is 47.5 Å². The molecule has 1 aliphatic rings. The summed E-state index contributed by atoms with van der Waals surface area (Å²) in [5.74, 6) is 0.169. The van der Waals surface area contributed by atoms with Crippen LogP contribution in [-0.4, -0.2) is 46.4 Å². The predicted molar refractivity (Wildman–Crippen MR) is 111 cm³/mol. The molecule has 0 amide bonds. The molecule has 2 N–H and O–H groups in total. The van der Waals surface area contributed by atoms with Gasteiger partial charge in [-0.05, 0) is 57.1 Å². The fourth-order valence-electron chi connectivity index (χ4n) is 4.06. The number of halogens is 3. The zero-order valence-electron chi connectivity index (χ0n) is 16.8. The van der Waals surface area contributed by atoms with Gasteiger partial charge in [-0.25, -0.2) is 0 Å². The lowest BCUT2D eigenvalue weighted by Gasteiger charge is -2.30. The molecule has 1 fully saturated rings. The number of benzene rings is 2. The molecule has 30 heavy (non-hydrogen) atoms. The minimum absolute atomic E-state index is 0.221. The number of hydrogen-bond acceptors (Lipinski definition) is 5. The highest BCUT2D eigenvalue weighted by atomic mass is 19.4. The number of phenols is 1. The van der Waals surface area contributed by atoms with E-state index in [4.69, 9.17) is 0 Å². The van der Waals surface area contributed by atoms with Crippen LogP contribution in [-0.2, 0) is 6.18 Å². The number of rotatable bonds is 3. The number of aromatic hydroxyl groups is 1. The summed E-state index contributed by atoms with van der Waals surface area (Å²) in [6, 6.07) is 8.90. The molecular formula is C22H23F3N4O. The van der Waals surface area contributed by atoms with Gasteiger partial charge in [0.05, 0.1) is 5.56 Å². The average Bonchev–Trinajstić information content (AvgIpc) is 2.68. The van der Waals surface area contributed by atoms with Crippen molar-refractivity contribution < 1.29 is 18.3 Å². The quantitative estimate of drug-likeness (QED) is 0.640. The van der Waals surface area contributed by atoms with Crippen LogP contribution in [0, 0.1) is 6.92 Å². The van der Waals surface area contributed by atoms with Crippen LogP contribution < -0.4 is 5.32 Å². The SMILES string of the molecule is Cc1cccc2c(N[C@@H]3CCCN(C)C3)nnc(-c3ccc(C(F)(F)F)cc3O)c12. The first-order chi connectivity index (χ1) is 14.2. The number of hydrogen-bond donors (Lipinski definition) is 2. The van der Waals surface area contributed by atoms with Gasteiger partial charge in [-0.3, -0.25) is 0 Å². The number of anilines is 1. The molecule has 0 saturated carbocycles. The molecule has 1 aromatic heterocycles. The van der Waals surface area contributed by atoms with E-state index < -0.39 is 17.5 Å². The summed E-state index contributed by atoms with van der Waals surface area (Å²) in [4.78, 5) is 2.26. The van der Waals surface area contributed by atoms with Gasteiger partial charge in [0.1, 0.15) is 11.4 Å². The van der Waals surface area contributed by atoms with E-state index in [-0.39, 0.29) is 11.6 Å². The topological polar surface area (TPSA) is 61.3 Å². The first-order valence-corrected chi connectivity index (χ1v) is 9.85. The van der Waals surface area contributed by atoms with Crippen LogP contribution in [0.4, 0.5) is 19.0 Å². The Morgan fingerprint density at radius 3 is 2.67 bits per heavy atom. The lowest BCUT2D eigenvalue weighted by Crippen LogP contribution is -2.40. The van der Waals surface area contributed by atoms with Gasteiger partial charge in [-0.2, -0.15) is 13.2 Å². The average molecular weight is 416 g/mol.